The summed E-state index contributed by atoms with van der Waals surface area (Å²) in [6.07, 6.45) is 0.609. The Balaban J connectivity index is 1.63. The van der Waals surface area contributed by atoms with Gasteiger partial charge in [-0.15, -0.1) is 0 Å². The van der Waals surface area contributed by atoms with Gasteiger partial charge in [0, 0.05) is 23.5 Å². The molecule has 0 aliphatic carbocycles. The van der Waals surface area contributed by atoms with E-state index in [1.54, 1.807) is 0 Å². The molecule has 1 aliphatic rings. The second kappa shape index (κ2) is 8.28. The fourth-order valence-electron chi connectivity index (χ4n) is 3.84. The summed E-state index contributed by atoms with van der Waals surface area (Å²) in [6.45, 7) is 8.82. The van der Waals surface area contributed by atoms with Gasteiger partial charge in [0.05, 0.1) is 29.8 Å². The van der Waals surface area contributed by atoms with Crippen molar-refractivity contribution in [3.8, 4) is 0 Å². The lowest BCUT2D eigenvalue weighted by Gasteiger charge is -2.17. The molecule has 158 valence electrons. The number of sulfone groups is 1. The van der Waals surface area contributed by atoms with Crippen LogP contribution in [0.25, 0.3) is 0 Å². The van der Waals surface area contributed by atoms with Gasteiger partial charge in [-0.05, 0) is 64.4 Å². The van der Waals surface area contributed by atoms with Crippen LogP contribution in [-0.2, 0) is 21.2 Å². The minimum atomic E-state index is -2.96. The Hall–Kier alpha value is -2.19. The van der Waals surface area contributed by atoms with Crippen molar-refractivity contribution in [2.24, 2.45) is 0 Å². The summed E-state index contributed by atoms with van der Waals surface area (Å²) in [4.78, 5) is 14.4. The molecule has 2 heterocycles. The molecule has 1 N–H and O–H groups in total. The Morgan fingerprint density at radius 2 is 1.97 bits per heavy atom. The average molecular weight is 419 g/mol. The Bertz CT molecular complexity index is 1030. The summed E-state index contributed by atoms with van der Waals surface area (Å²) in [6, 6.07) is 5.79. The molecule has 0 saturated carbocycles. The topological polar surface area (TPSA) is 84.3 Å². The molecule has 8 heteroatoms. The number of carbonyl (C=O) groups is 1. The van der Waals surface area contributed by atoms with Crippen molar-refractivity contribution in [2.75, 3.05) is 30.4 Å². The van der Waals surface area contributed by atoms with E-state index in [2.05, 4.69) is 10.4 Å². The maximum Gasteiger partial charge on any atom is 0.238 e. The third-order valence-corrected chi connectivity index (χ3v) is 7.41. The molecule has 1 aliphatic heterocycles. The minimum Gasteiger partial charge on any atom is -0.325 e. The number of aromatic nitrogens is 2. The molecule has 2 aromatic rings. The monoisotopic (exact) mass is 418 g/mol. The smallest absolute Gasteiger partial charge is 0.238 e. The maximum absolute atomic E-state index is 12.4. The maximum atomic E-state index is 12.4. The number of rotatable bonds is 6. The number of nitrogens with one attached hydrogen (secondary N) is 1. The van der Waals surface area contributed by atoms with Crippen molar-refractivity contribution >= 4 is 21.4 Å². The van der Waals surface area contributed by atoms with Crippen LogP contribution in [0.3, 0.4) is 0 Å². The van der Waals surface area contributed by atoms with E-state index in [1.807, 2.05) is 62.5 Å². The van der Waals surface area contributed by atoms with E-state index in [-0.39, 0.29) is 30.0 Å². The highest BCUT2D eigenvalue weighted by molar-refractivity contribution is 7.91. The van der Waals surface area contributed by atoms with Crippen LogP contribution in [0, 0.1) is 27.7 Å². The number of hydrogen-bond acceptors (Lipinski definition) is 5. The number of aryl methyl sites for hydroxylation is 3. The first-order valence-electron chi connectivity index (χ1n) is 9.86. The Morgan fingerprint density at radius 3 is 2.59 bits per heavy atom. The van der Waals surface area contributed by atoms with Gasteiger partial charge < -0.3 is 5.32 Å². The number of carbonyl (C=O) groups excluding carboxylic acids is 1. The van der Waals surface area contributed by atoms with Gasteiger partial charge in [-0.3, -0.25) is 14.4 Å². The van der Waals surface area contributed by atoms with Gasteiger partial charge in [-0.25, -0.2) is 8.42 Å². The molecule has 1 atom stereocenters. The van der Waals surface area contributed by atoms with Crippen molar-refractivity contribution in [1.29, 1.82) is 0 Å². The van der Waals surface area contributed by atoms with Crippen LogP contribution in [-0.4, -0.2) is 54.1 Å². The van der Waals surface area contributed by atoms with Crippen LogP contribution in [0.4, 0.5) is 5.69 Å². The highest BCUT2D eigenvalue weighted by Gasteiger charge is 2.31. The van der Waals surface area contributed by atoms with Crippen molar-refractivity contribution in [2.45, 2.75) is 46.7 Å². The summed E-state index contributed by atoms with van der Waals surface area (Å²) in [5.41, 5.74) is 6.05. The summed E-state index contributed by atoms with van der Waals surface area (Å²) in [7, 11) is -1.06. The first kappa shape index (κ1) is 21.5. The van der Waals surface area contributed by atoms with Crippen molar-refractivity contribution in [3.05, 3.63) is 46.3 Å². The van der Waals surface area contributed by atoms with Crippen molar-refractivity contribution in [3.63, 3.8) is 0 Å². The third kappa shape index (κ3) is 5.05. The SMILES string of the molecule is Cc1ccc(NC(=O)CN(C)Cc2c(C)nn([C@H]3CCS(=O)(=O)C3)c2C)cc1C. The van der Waals surface area contributed by atoms with Crippen molar-refractivity contribution in [1.82, 2.24) is 14.7 Å². The quantitative estimate of drug-likeness (QED) is 0.779. The fraction of sp³-hybridized carbons (Fsp3) is 0.524. The predicted octanol–water partition coefficient (Wildman–Crippen LogP) is 2.55. The van der Waals surface area contributed by atoms with Gasteiger partial charge in [0.1, 0.15) is 0 Å². The Kier molecular flexibility index (Phi) is 6.14. The molecular formula is C21H30N4O3S. The van der Waals surface area contributed by atoms with Gasteiger partial charge in [0.2, 0.25) is 5.91 Å². The van der Waals surface area contributed by atoms with Gasteiger partial charge >= 0.3 is 0 Å². The average Bonchev–Trinajstić information content (AvgIpc) is 3.11. The van der Waals surface area contributed by atoms with Crippen LogP contribution in [0.1, 0.15) is 40.5 Å². The molecule has 0 radical (unpaired) electrons. The number of benzene rings is 1. The van der Waals surface area contributed by atoms with E-state index in [1.165, 1.54) is 5.56 Å². The molecule has 1 aromatic heterocycles. The van der Waals surface area contributed by atoms with Gasteiger partial charge in [-0.2, -0.15) is 5.10 Å². The third-order valence-electron chi connectivity index (χ3n) is 5.66. The standard InChI is InChI=1S/C21H30N4O3S/c1-14-6-7-18(10-15(14)2)22-21(26)12-24(5)11-20-16(3)23-25(17(20)4)19-8-9-29(27,28)13-19/h6-7,10,19H,8-9,11-13H2,1-5H3,(H,22,26)/t19-/m0/s1. The molecule has 3 rings (SSSR count). The molecule has 1 saturated heterocycles. The van der Waals surface area contributed by atoms with Crippen LogP contribution in [0.5, 0.6) is 0 Å². The number of likely N-dealkylation sites (N-methyl/N-ethyl adjacent to an activating group) is 1. The predicted molar refractivity (Wildman–Crippen MR) is 115 cm³/mol. The number of hydrogen-bond donors (Lipinski definition) is 1. The molecule has 1 amide bonds. The van der Waals surface area contributed by atoms with Crippen LogP contribution < -0.4 is 5.32 Å². The van der Waals surface area contributed by atoms with E-state index in [4.69, 9.17) is 0 Å². The van der Waals surface area contributed by atoms with Gasteiger partial charge in [0.25, 0.3) is 0 Å². The normalized spacial score (nSPS) is 18.3. The number of anilines is 1. The summed E-state index contributed by atoms with van der Waals surface area (Å²) < 4.78 is 25.5. The largest absolute Gasteiger partial charge is 0.325 e. The molecular weight excluding hydrogens is 388 g/mol. The molecule has 1 aromatic carbocycles. The zero-order valence-electron chi connectivity index (χ0n) is 17.8. The lowest BCUT2D eigenvalue weighted by atomic mass is 10.1. The van der Waals surface area contributed by atoms with E-state index in [0.29, 0.717) is 13.0 Å². The van der Waals surface area contributed by atoms with Gasteiger partial charge in [-0.1, -0.05) is 6.07 Å². The lowest BCUT2D eigenvalue weighted by molar-refractivity contribution is -0.117. The molecule has 0 spiro atoms. The van der Waals surface area contributed by atoms with Crippen LogP contribution in [0.15, 0.2) is 18.2 Å². The lowest BCUT2D eigenvalue weighted by Crippen LogP contribution is -2.30. The first-order valence-corrected chi connectivity index (χ1v) is 11.7. The van der Waals surface area contributed by atoms with Gasteiger partial charge in [0.15, 0.2) is 9.84 Å². The minimum absolute atomic E-state index is 0.0691. The first-order chi connectivity index (χ1) is 13.6. The van der Waals surface area contributed by atoms with E-state index < -0.39 is 9.84 Å². The van der Waals surface area contributed by atoms with Crippen LogP contribution >= 0.6 is 0 Å². The Labute approximate surface area is 173 Å². The molecule has 29 heavy (non-hydrogen) atoms. The molecule has 1 fully saturated rings. The molecule has 0 bridgehead atoms. The van der Waals surface area contributed by atoms with E-state index in [9.17, 15) is 13.2 Å². The Morgan fingerprint density at radius 1 is 1.24 bits per heavy atom. The summed E-state index contributed by atoms with van der Waals surface area (Å²) in [5, 5.41) is 7.55. The second-order valence-corrected chi connectivity index (χ2v) is 10.4. The number of nitrogens with zero attached hydrogens (tertiary/aromatic N) is 3. The fourth-order valence-corrected chi connectivity index (χ4v) is 5.53. The summed E-state index contributed by atoms with van der Waals surface area (Å²) >= 11 is 0. The van der Waals surface area contributed by atoms with E-state index in [0.717, 1.165) is 28.2 Å². The molecule has 0 unspecified atom stereocenters. The van der Waals surface area contributed by atoms with Crippen molar-refractivity contribution < 1.29 is 13.2 Å². The zero-order valence-corrected chi connectivity index (χ0v) is 18.6. The van der Waals surface area contributed by atoms with E-state index >= 15 is 0 Å². The number of amides is 1. The second-order valence-electron chi connectivity index (χ2n) is 8.17. The zero-order chi connectivity index (χ0) is 21.3. The van der Waals surface area contributed by atoms with Crippen LogP contribution in [0.2, 0.25) is 0 Å². The molecule has 7 nitrogen and oxygen atoms in total. The summed E-state index contributed by atoms with van der Waals surface area (Å²) in [5.74, 6) is 0.312. The highest BCUT2D eigenvalue weighted by Crippen LogP contribution is 2.27. The highest BCUT2D eigenvalue weighted by atomic mass is 32.2.